The van der Waals surface area contributed by atoms with Crippen molar-refractivity contribution in [2.75, 3.05) is 47.6 Å². The molecule has 0 radical (unpaired) electrons. The van der Waals surface area contributed by atoms with E-state index in [-0.39, 0.29) is 25.2 Å². The summed E-state index contributed by atoms with van der Waals surface area (Å²) in [7, 11) is 4.20. The number of unbranched alkanes of at least 4 members (excludes halogenated alkanes) is 13. The topological polar surface area (TPSA) is 74.2 Å². The van der Waals surface area contributed by atoms with Crippen LogP contribution < -0.4 is 0 Å². The van der Waals surface area contributed by atoms with E-state index < -0.39 is 14.7 Å². The highest BCUT2D eigenvalue weighted by Crippen LogP contribution is 2.33. The molecule has 0 aliphatic rings. The zero-order valence-corrected chi connectivity index (χ0v) is 24.7. The van der Waals surface area contributed by atoms with Crippen LogP contribution in [0.25, 0.3) is 0 Å². The van der Waals surface area contributed by atoms with Crippen molar-refractivity contribution in [3.8, 4) is 0 Å². The second kappa shape index (κ2) is 22.9. The minimum Gasteiger partial charge on any atom is -0.458 e. The first-order valence-corrected chi connectivity index (χ1v) is 15.1. The van der Waals surface area contributed by atoms with Gasteiger partial charge in [0.1, 0.15) is 18.8 Å². The van der Waals surface area contributed by atoms with Crippen LogP contribution in [0.2, 0.25) is 0 Å². The number of rotatable bonds is 25. The highest BCUT2D eigenvalue weighted by atomic mass is 31.2. The van der Waals surface area contributed by atoms with Gasteiger partial charge in [-0.15, -0.1) is 0 Å². The maximum Gasteiger partial charge on any atom is 0.330 e. The van der Waals surface area contributed by atoms with E-state index in [2.05, 4.69) is 35.0 Å². The maximum absolute atomic E-state index is 11.4. The van der Waals surface area contributed by atoms with Gasteiger partial charge in [0.05, 0.1) is 34.4 Å². The highest BCUT2D eigenvalue weighted by Gasteiger charge is 2.22. The van der Waals surface area contributed by atoms with Crippen molar-refractivity contribution in [1.82, 2.24) is 0 Å². The molecule has 0 heterocycles. The van der Waals surface area contributed by atoms with Gasteiger partial charge in [0.15, 0.2) is 0 Å². The smallest absolute Gasteiger partial charge is 0.330 e. The molecule has 8 heteroatoms. The standard InChI is InChI=1S/C27H57NO6P/c1-7-8-9-10-11-12-13-14-15-16-17-18-19-20-21-31-23-27(34-26(3)29)24-33-35(30)32-22-25(2)28(4,5)6/h25,27,30H,7-24H2,1-6H3/q+1. The molecule has 0 fully saturated rings. The second-order valence-electron chi connectivity index (χ2n) is 10.7. The van der Waals surface area contributed by atoms with Gasteiger partial charge in [0.2, 0.25) is 0 Å². The number of carbonyl (C=O) groups excluding carboxylic acids is 1. The Balaban J connectivity index is 3.72. The molecular formula is C27H57NO6P+. The van der Waals surface area contributed by atoms with Gasteiger partial charge in [-0.1, -0.05) is 90.4 Å². The Morgan fingerprint density at radius 3 is 1.69 bits per heavy atom. The van der Waals surface area contributed by atoms with Crippen LogP contribution in [0.15, 0.2) is 0 Å². The van der Waals surface area contributed by atoms with Crippen molar-refractivity contribution in [1.29, 1.82) is 0 Å². The lowest BCUT2D eigenvalue weighted by atomic mass is 10.0. The summed E-state index contributed by atoms with van der Waals surface area (Å²) in [5, 5.41) is 0. The Kier molecular flexibility index (Phi) is 22.7. The largest absolute Gasteiger partial charge is 0.458 e. The van der Waals surface area contributed by atoms with Crippen molar-refractivity contribution in [2.45, 2.75) is 123 Å². The van der Waals surface area contributed by atoms with Crippen LogP contribution in [0.4, 0.5) is 0 Å². The van der Waals surface area contributed by atoms with Gasteiger partial charge >= 0.3 is 14.6 Å². The first kappa shape index (κ1) is 34.7. The summed E-state index contributed by atoms with van der Waals surface area (Å²) in [6, 6.07) is 0.216. The van der Waals surface area contributed by atoms with E-state index in [1.54, 1.807) is 0 Å². The van der Waals surface area contributed by atoms with Gasteiger partial charge in [-0.2, -0.15) is 0 Å². The van der Waals surface area contributed by atoms with Gasteiger partial charge in [0, 0.05) is 13.5 Å². The summed E-state index contributed by atoms with van der Waals surface area (Å²) in [4.78, 5) is 21.4. The predicted octanol–water partition coefficient (Wildman–Crippen LogP) is 6.76. The van der Waals surface area contributed by atoms with E-state index in [0.29, 0.717) is 13.2 Å². The molecule has 0 aliphatic carbocycles. The molecule has 0 bridgehead atoms. The summed E-state index contributed by atoms with van der Waals surface area (Å²) in [5.74, 6) is -0.388. The SMILES string of the molecule is CCCCCCCCCCCCCCCCOCC(COP(O)OCC(C)[N+](C)(C)C)OC(C)=O. The van der Waals surface area contributed by atoms with Crippen molar-refractivity contribution in [3.63, 3.8) is 0 Å². The maximum atomic E-state index is 11.4. The van der Waals surface area contributed by atoms with Gasteiger partial charge in [-0.05, 0) is 13.3 Å². The van der Waals surface area contributed by atoms with E-state index in [4.69, 9.17) is 18.5 Å². The summed E-state index contributed by atoms with van der Waals surface area (Å²) < 4.78 is 22.5. The van der Waals surface area contributed by atoms with Crippen molar-refractivity contribution in [2.24, 2.45) is 0 Å². The van der Waals surface area contributed by atoms with Crippen LogP contribution in [0.3, 0.4) is 0 Å². The fourth-order valence-electron chi connectivity index (χ4n) is 3.54. The van der Waals surface area contributed by atoms with Crippen molar-refractivity contribution >= 4 is 14.6 Å². The Labute approximate surface area is 217 Å². The number of hydrogen-bond donors (Lipinski definition) is 1. The summed E-state index contributed by atoms with van der Waals surface area (Å²) in [6.45, 7) is 7.03. The molecule has 0 spiro atoms. The number of likely N-dealkylation sites (N-methyl/N-ethyl adjacent to an activating group) is 1. The van der Waals surface area contributed by atoms with Crippen molar-refractivity contribution in [3.05, 3.63) is 0 Å². The van der Waals surface area contributed by atoms with Gasteiger partial charge in [0.25, 0.3) is 0 Å². The molecule has 35 heavy (non-hydrogen) atoms. The number of nitrogens with zero attached hydrogens (tertiary/aromatic N) is 1. The van der Waals surface area contributed by atoms with E-state index in [9.17, 15) is 9.69 Å². The lowest BCUT2D eigenvalue weighted by molar-refractivity contribution is -0.894. The molecule has 0 aliphatic heterocycles. The lowest BCUT2D eigenvalue weighted by Crippen LogP contribution is -2.45. The molecule has 0 rings (SSSR count). The quantitative estimate of drug-likeness (QED) is 0.0618. The normalized spacial score (nSPS) is 14.6. The first-order chi connectivity index (χ1) is 16.7. The average molecular weight is 523 g/mol. The van der Waals surface area contributed by atoms with E-state index in [0.717, 1.165) is 17.3 Å². The fourth-order valence-corrected chi connectivity index (χ4v) is 4.26. The third-order valence-corrected chi connectivity index (χ3v) is 7.14. The van der Waals surface area contributed by atoms with Crippen LogP contribution in [-0.4, -0.2) is 75.1 Å². The summed E-state index contributed by atoms with van der Waals surface area (Å²) in [6.07, 6.45) is 18.0. The minimum atomic E-state index is -2.01. The molecule has 7 nitrogen and oxygen atoms in total. The molecule has 0 saturated carbocycles. The summed E-state index contributed by atoms with van der Waals surface area (Å²) in [5.41, 5.74) is 0. The molecule has 1 N–H and O–H groups in total. The Morgan fingerprint density at radius 1 is 0.771 bits per heavy atom. The zero-order chi connectivity index (χ0) is 26.4. The molecule has 3 atom stereocenters. The van der Waals surface area contributed by atoms with Crippen LogP contribution in [-0.2, 0) is 23.3 Å². The number of hydrogen-bond acceptors (Lipinski definition) is 6. The Morgan fingerprint density at radius 2 is 1.23 bits per heavy atom. The third-order valence-electron chi connectivity index (χ3n) is 6.40. The van der Waals surface area contributed by atoms with Gasteiger partial charge in [-0.25, -0.2) is 0 Å². The molecule has 0 aromatic carbocycles. The summed E-state index contributed by atoms with van der Waals surface area (Å²) >= 11 is 0. The Hall–Kier alpha value is -0.300. The molecular weight excluding hydrogens is 465 g/mol. The zero-order valence-electron chi connectivity index (χ0n) is 23.8. The van der Waals surface area contributed by atoms with Gasteiger partial charge < -0.3 is 27.9 Å². The predicted molar refractivity (Wildman–Crippen MR) is 145 cm³/mol. The van der Waals surface area contributed by atoms with E-state index in [1.165, 1.54) is 84.0 Å². The molecule has 0 aromatic heterocycles. The Bertz CT molecular complexity index is 489. The molecule has 210 valence electrons. The monoisotopic (exact) mass is 522 g/mol. The molecule has 3 unspecified atom stereocenters. The average Bonchev–Trinajstić information content (AvgIpc) is 2.79. The van der Waals surface area contributed by atoms with Crippen molar-refractivity contribution < 1.29 is 32.7 Å². The van der Waals surface area contributed by atoms with Crippen LogP contribution in [0.5, 0.6) is 0 Å². The van der Waals surface area contributed by atoms with E-state index in [1.807, 2.05) is 0 Å². The highest BCUT2D eigenvalue weighted by molar-refractivity contribution is 7.40. The van der Waals surface area contributed by atoms with Gasteiger partial charge in [-0.3, -0.25) is 4.79 Å². The molecule has 0 saturated heterocycles. The van der Waals surface area contributed by atoms with Crippen LogP contribution in [0, 0.1) is 0 Å². The first-order valence-electron chi connectivity index (χ1n) is 14.0. The van der Waals surface area contributed by atoms with Crippen LogP contribution >= 0.6 is 8.60 Å². The number of ether oxygens (including phenoxy) is 2. The van der Waals surface area contributed by atoms with E-state index >= 15 is 0 Å². The van der Waals surface area contributed by atoms with Crippen LogP contribution in [0.1, 0.15) is 111 Å². The second-order valence-corrected chi connectivity index (χ2v) is 11.7. The third kappa shape index (κ3) is 23.8. The minimum absolute atomic E-state index is 0.0548. The lowest BCUT2D eigenvalue weighted by Gasteiger charge is -2.31. The fraction of sp³-hybridized carbons (Fsp3) is 0.963. The molecule has 0 aromatic rings. The molecule has 0 amide bonds. The number of esters is 1. The number of carbonyl (C=O) groups is 1. The number of quaternary nitrogens is 1.